The predicted octanol–water partition coefficient (Wildman–Crippen LogP) is 2.53. The van der Waals surface area contributed by atoms with Gasteiger partial charge in [-0.1, -0.05) is 0 Å². The molecule has 4 heteroatoms. The Kier molecular flexibility index (Phi) is 3.08. The largest absolute Gasteiger partial charge is 0.508 e. The van der Waals surface area contributed by atoms with Gasteiger partial charge in [0.15, 0.2) is 0 Å². The SMILES string of the molecule is O=c1cc(C[NH2+]C23CC4CC(CC(C4)C2)C3)c2ccc(O)cc2o1. The summed E-state index contributed by atoms with van der Waals surface area (Å²) in [6, 6.07) is 6.67. The van der Waals surface area contributed by atoms with Gasteiger partial charge in [-0.15, -0.1) is 0 Å². The monoisotopic (exact) mass is 326 g/mol. The van der Waals surface area contributed by atoms with Crippen LogP contribution < -0.4 is 10.9 Å². The minimum Gasteiger partial charge on any atom is -0.508 e. The van der Waals surface area contributed by atoms with E-state index < -0.39 is 0 Å². The molecule has 0 amide bonds. The lowest BCUT2D eigenvalue weighted by Gasteiger charge is -2.54. The molecule has 0 spiro atoms. The lowest BCUT2D eigenvalue weighted by atomic mass is 9.53. The van der Waals surface area contributed by atoms with E-state index in [1.165, 1.54) is 44.6 Å². The van der Waals surface area contributed by atoms with Crippen LogP contribution in [0.1, 0.15) is 44.1 Å². The van der Waals surface area contributed by atoms with E-state index in [4.69, 9.17) is 4.42 Å². The number of fused-ring (bicyclic) bond motifs is 1. The van der Waals surface area contributed by atoms with Gasteiger partial charge in [-0.2, -0.15) is 0 Å². The highest BCUT2D eigenvalue weighted by atomic mass is 16.4. The van der Waals surface area contributed by atoms with Gasteiger partial charge in [0, 0.05) is 42.3 Å². The zero-order chi connectivity index (χ0) is 16.3. The number of nitrogens with two attached hydrogens (primary N) is 1. The summed E-state index contributed by atoms with van der Waals surface area (Å²) in [4.78, 5) is 11.9. The molecule has 0 aliphatic heterocycles. The van der Waals surface area contributed by atoms with Crippen LogP contribution in [0.2, 0.25) is 0 Å². The van der Waals surface area contributed by atoms with Crippen LogP contribution in [0.25, 0.3) is 11.0 Å². The molecule has 1 heterocycles. The minimum atomic E-state index is -0.331. The first-order chi connectivity index (χ1) is 11.6. The quantitative estimate of drug-likeness (QED) is 0.852. The summed E-state index contributed by atoms with van der Waals surface area (Å²) >= 11 is 0. The Morgan fingerprint density at radius 2 is 1.75 bits per heavy atom. The Morgan fingerprint density at radius 3 is 2.42 bits per heavy atom. The third-order valence-corrected chi connectivity index (χ3v) is 6.65. The average molecular weight is 326 g/mol. The number of phenolic OH excluding ortho intramolecular Hbond substituents is 1. The molecule has 4 fully saturated rings. The highest BCUT2D eigenvalue weighted by molar-refractivity contribution is 5.81. The third kappa shape index (κ3) is 2.35. The fourth-order valence-corrected chi connectivity index (χ4v) is 6.14. The van der Waals surface area contributed by atoms with Crippen LogP contribution in [0, 0.1) is 17.8 Å². The molecule has 4 bridgehead atoms. The molecule has 0 saturated heterocycles. The number of hydrogen-bond donors (Lipinski definition) is 2. The molecule has 6 rings (SSSR count). The molecule has 0 unspecified atom stereocenters. The summed E-state index contributed by atoms with van der Waals surface area (Å²) in [6.07, 6.45) is 8.39. The molecule has 2 aromatic rings. The Hall–Kier alpha value is -1.81. The molecule has 24 heavy (non-hydrogen) atoms. The Bertz CT molecular complexity index is 818. The molecule has 4 aliphatic rings. The summed E-state index contributed by atoms with van der Waals surface area (Å²) in [5, 5.41) is 13.1. The van der Waals surface area contributed by atoms with E-state index in [0.717, 1.165) is 35.2 Å². The van der Waals surface area contributed by atoms with E-state index >= 15 is 0 Å². The first kappa shape index (κ1) is 14.5. The summed E-state index contributed by atoms with van der Waals surface area (Å²) in [5.74, 6) is 2.93. The number of phenols is 1. The van der Waals surface area contributed by atoms with Crippen molar-refractivity contribution in [1.82, 2.24) is 0 Å². The number of rotatable bonds is 3. The maximum absolute atomic E-state index is 11.9. The molecular weight excluding hydrogens is 302 g/mol. The zero-order valence-corrected chi connectivity index (χ0v) is 13.8. The van der Waals surface area contributed by atoms with Crippen LogP contribution in [0.5, 0.6) is 5.75 Å². The molecule has 3 N–H and O–H groups in total. The summed E-state index contributed by atoms with van der Waals surface area (Å²) in [7, 11) is 0. The van der Waals surface area contributed by atoms with Gasteiger partial charge in [0.05, 0.1) is 5.54 Å². The molecule has 1 aromatic heterocycles. The maximum atomic E-state index is 11.9. The average Bonchev–Trinajstić information content (AvgIpc) is 2.51. The normalized spacial score (nSPS) is 34.1. The minimum absolute atomic E-state index is 0.132. The zero-order valence-electron chi connectivity index (χ0n) is 13.8. The fourth-order valence-electron chi connectivity index (χ4n) is 6.14. The van der Waals surface area contributed by atoms with E-state index in [-0.39, 0.29) is 11.4 Å². The van der Waals surface area contributed by atoms with E-state index in [2.05, 4.69) is 5.32 Å². The number of quaternary nitrogens is 1. The first-order valence-electron chi connectivity index (χ1n) is 9.19. The van der Waals surface area contributed by atoms with E-state index in [9.17, 15) is 9.90 Å². The Balaban J connectivity index is 1.44. The fraction of sp³-hybridized carbons (Fsp3) is 0.550. The van der Waals surface area contributed by atoms with Crippen LogP contribution in [0.4, 0.5) is 0 Å². The molecule has 0 radical (unpaired) electrons. The van der Waals surface area contributed by atoms with Crippen molar-refractivity contribution >= 4 is 11.0 Å². The lowest BCUT2D eigenvalue weighted by Crippen LogP contribution is -2.97. The van der Waals surface area contributed by atoms with Crippen molar-refractivity contribution in [2.75, 3.05) is 0 Å². The molecule has 126 valence electrons. The number of hydrogen-bond acceptors (Lipinski definition) is 3. The first-order valence-corrected chi connectivity index (χ1v) is 9.19. The van der Waals surface area contributed by atoms with Gasteiger partial charge in [0.25, 0.3) is 0 Å². The third-order valence-electron chi connectivity index (χ3n) is 6.65. The highest BCUT2D eigenvalue weighted by Crippen LogP contribution is 2.54. The maximum Gasteiger partial charge on any atom is 0.336 e. The van der Waals surface area contributed by atoms with Crippen LogP contribution in [0.15, 0.2) is 33.5 Å². The highest BCUT2D eigenvalue weighted by Gasteiger charge is 2.53. The van der Waals surface area contributed by atoms with Crippen molar-refractivity contribution in [1.29, 1.82) is 0 Å². The van der Waals surface area contributed by atoms with Gasteiger partial charge in [-0.25, -0.2) is 4.79 Å². The smallest absolute Gasteiger partial charge is 0.336 e. The summed E-state index contributed by atoms with van der Waals surface area (Å²) < 4.78 is 5.25. The second kappa shape index (κ2) is 5.09. The molecule has 4 nitrogen and oxygen atoms in total. The molecule has 1 aromatic carbocycles. The van der Waals surface area contributed by atoms with Crippen LogP contribution in [0.3, 0.4) is 0 Å². The number of aromatic hydroxyl groups is 1. The summed E-state index contributed by atoms with van der Waals surface area (Å²) in [6.45, 7) is 0.818. The standard InChI is InChI=1S/C20H23NO3/c22-16-1-2-17-15(6-19(23)24-18(17)7-16)11-21-20-8-12-3-13(9-20)5-14(4-12)10-20/h1-2,6-7,12-14,21-22H,3-5,8-11H2/p+1. The van der Waals surface area contributed by atoms with Gasteiger partial charge in [0.2, 0.25) is 0 Å². The van der Waals surface area contributed by atoms with Crippen molar-refractivity contribution < 1.29 is 14.8 Å². The van der Waals surface area contributed by atoms with Crippen LogP contribution >= 0.6 is 0 Å². The molecule has 0 atom stereocenters. The van der Waals surface area contributed by atoms with Gasteiger partial charge in [-0.3, -0.25) is 0 Å². The molecule has 4 aliphatic carbocycles. The second-order valence-electron chi connectivity index (χ2n) is 8.46. The van der Waals surface area contributed by atoms with Crippen molar-refractivity contribution in [3.63, 3.8) is 0 Å². The van der Waals surface area contributed by atoms with Gasteiger partial charge >= 0.3 is 5.63 Å². The molecular formula is C20H24NO3+. The Morgan fingerprint density at radius 1 is 1.08 bits per heavy atom. The second-order valence-corrected chi connectivity index (χ2v) is 8.46. The summed E-state index contributed by atoms with van der Waals surface area (Å²) in [5.41, 5.74) is 1.57. The molecule has 4 saturated carbocycles. The predicted molar refractivity (Wildman–Crippen MR) is 90.7 cm³/mol. The topological polar surface area (TPSA) is 67.0 Å². The van der Waals surface area contributed by atoms with Crippen molar-refractivity contribution in [2.45, 2.75) is 50.6 Å². The van der Waals surface area contributed by atoms with Crippen molar-refractivity contribution in [3.05, 3.63) is 40.2 Å². The Labute approximate surface area is 140 Å². The van der Waals surface area contributed by atoms with Crippen molar-refractivity contribution in [2.24, 2.45) is 17.8 Å². The van der Waals surface area contributed by atoms with E-state index in [0.29, 0.717) is 11.1 Å². The van der Waals surface area contributed by atoms with Crippen LogP contribution in [-0.2, 0) is 6.54 Å². The van der Waals surface area contributed by atoms with Gasteiger partial charge < -0.3 is 14.8 Å². The van der Waals surface area contributed by atoms with E-state index in [1.54, 1.807) is 12.1 Å². The van der Waals surface area contributed by atoms with Gasteiger partial charge in [-0.05, 0) is 49.1 Å². The lowest BCUT2D eigenvalue weighted by molar-refractivity contribution is -0.752. The van der Waals surface area contributed by atoms with Crippen molar-refractivity contribution in [3.8, 4) is 5.75 Å². The van der Waals surface area contributed by atoms with Crippen LogP contribution in [-0.4, -0.2) is 10.6 Å². The number of benzene rings is 1. The van der Waals surface area contributed by atoms with E-state index in [1.807, 2.05) is 6.07 Å². The van der Waals surface area contributed by atoms with Gasteiger partial charge in [0.1, 0.15) is 17.9 Å².